The number of carbonyl (C=O) groups excluding carboxylic acids is 1. The van der Waals surface area contributed by atoms with Crippen LogP contribution in [0, 0.1) is 17.5 Å². The van der Waals surface area contributed by atoms with Crippen molar-refractivity contribution in [2.45, 2.75) is 0 Å². The molecule has 2 aromatic carbocycles. The van der Waals surface area contributed by atoms with E-state index in [1.165, 1.54) is 0 Å². The molecule has 0 aliphatic rings. The Morgan fingerprint density at radius 1 is 0.952 bits per heavy atom. The predicted octanol–water partition coefficient (Wildman–Crippen LogP) is 3.84. The Morgan fingerprint density at radius 2 is 1.71 bits per heavy atom. The molecule has 1 heterocycles. The number of aromatic nitrogens is 1. The Hall–Kier alpha value is -2.76. The van der Waals surface area contributed by atoms with E-state index in [2.05, 4.69) is 10.3 Å². The van der Waals surface area contributed by atoms with E-state index in [1.807, 2.05) is 0 Å². The summed E-state index contributed by atoms with van der Waals surface area (Å²) in [5, 5.41) is 3.03. The molecule has 0 radical (unpaired) electrons. The summed E-state index contributed by atoms with van der Waals surface area (Å²) in [4.78, 5) is 15.0. The van der Waals surface area contributed by atoms with E-state index in [4.69, 9.17) is 0 Å². The first-order valence-electron chi connectivity index (χ1n) is 6.07. The molecule has 0 fully saturated rings. The van der Waals surface area contributed by atoms with Gasteiger partial charge in [0.15, 0.2) is 11.6 Å². The number of fused-ring (bicyclic) bond motifs is 1. The van der Waals surface area contributed by atoms with Gasteiger partial charge in [0.2, 0.25) is 0 Å². The smallest absolute Gasteiger partial charge is 0.255 e. The number of aromatic amines is 1. The van der Waals surface area contributed by atoms with Crippen LogP contribution in [0.1, 0.15) is 10.4 Å². The SMILES string of the molecule is O=C(Nc1cc(F)c(F)cc1F)c1ccc2[nH]ccc2c1. The number of rotatable bonds is 2. The van der Waals surface area contributed by atoms with Crippen molar-refractivity contribution in [3.8, 4) is 0 Å². The zero-order chi connectivity index (χ0) is 15.0. The number of carbonyl (C=O) groups is 1. The Kier molecular flexibility index (Phi) is 3.13. The third kappa shape index (κ3) is 2.47. The third-order valence-electron chi connectivity index (χ3n) is 3.07. The Bertz CT molecular complexity index is 842. The molecule has 3 nitrogen and oxygen atoms in total. The topological polar surface area (TPSA) is 44.9 Å². The van der Waals surface area contributed by atoms with Gasteiger partial charge in [-0.25, -0.2) is 13.2 Å². The molecule has 0 aliphatic carbocycles. The minimum atomic E-state index is -1.31. The zero-order valence-electron chi connectivity index (χ0n) is 10.6. The molecule has 1 amide bonds. The molecule has 0 unspecified atom stereocenters. The van der Waals surface area contributed by atoms with Gasteiger partial charge < -0.3 is 10.3 Å². The molecule has 0 atom stereocenters. The van der Waals surface area contributed by atoms with Crippen LogP contribution in [-0.4, -0.2) is 10.9 Å². The standard InChI is InChI=1S/C15H9F3N2O/c16-10-6-12(18)14(7-11(10)17)20-15(21)9-1-2-13-8(5-9)3-4-19-13/h1-7,19H,(H,20,21). The van der Waals surface area contributed by atoms with Gasteiger partial charge in [0.25, 0.3) is 5.91 Å². The first-order chi connectivity index (χ1) is 10.0. The molecule has 3 aromatic rings. The van der Waals surface area contributed by atoms with Crippen molar-refractivity contribution in [2.75, 3.05) is 5.32 Å². The molecule has 21 heavy (non-hydrogen) atoms. The molecule has 0 saturated carbocycles. The molecule has 6 heteroatoms. The van der Waals surface area contributed by atoms with E-state index < -0.39 is 29.0 Å². The minimum Gasteiger partial charge on any atom is -0.361 e. The van der Waals surface area contributed by atoms with Crippen LogP contribution in [0.25, 0.3) is 10.9 Å². The van der Waals surface area contributed by atoms with Crippen LogP contribution in [0.3, 0.4) is 0 Å². The number of hydrogen-bond acceptors (Lipinski definition) is 1. The lowest BCUT2D eigenvalue weighted by Crippen LogP contribution is -2.13. The molecule has 1 aromatic heterocycles. The second kappa shape index (κ2) is 4.97. The van der Waals surface area contributed by atoms with Crippen molar-refractivity contribution >= 4 is 22.5 Å². The highest BCUT2D eigenvalue weighted by Crippen LogP contribution is 2.20. The van der Waals surface area contributed by atoms with Crippen LogP contribution in [0.5, 0.6) is 0 Å². The van der Waals surface area contributed by atoms with Crippen LogP contribution < -0.4 is 5.32 Å². The third-order valence-corrected chi connectivity index (χ3v) is 3.07. The average Bonchev–Trinajstić information content (AvgIpc) is 2.92. The van der Waals surface area contributed by atoms with Gasteiger partial charge in [-0.2, -0.15) is 0 Å². The van der Waals surface area contributed by atoms with Gasteiger partial charge in [-0.1, -0.05) is 0 Å². The summed E-state index contributed by atoms with van der Waals surface area (Å²) in [5.41, 5.74) is 0.727. The quantitative estimate of drug-likeness (QED) is 0.692. The number of benzene rings is 2. The normalized spacial score (nSPS) is 10.8. The van der Waals surface area contributed by atoms with Crippen molar-refractivity contribution in [2.24, 2.45) is 0 Å². The van der Waals surface area contributed by atoms with Crippen LogP contribution >= 0.6 is 0 Å². The highest BCUT2D eigenvalue weighted by atomic mass is 19.2. The van der Waals surface area contributed by atoms with E-state index >= 15 is 0 Å². The highest BCUT2D eigenvalue weighted by molar-refractivity contribution is 6.06. The molecule has 2 N–H and O–H groups in total. The van der Waals surface area contributed by atoms with Crippen LogP contribution in [0.4, 0.5) is 18.9 Å². The molecule has 3 rings (SSSR count). The number of H-pyrrole nitrogens is 1. The molecule has 0 spiro atoms. The fourth-order valence-corrected chi connectivity index (χ4v) is 2.01. The predicted molar refractivity (Wildman–Crippen MR) is 72.6 cm³/mol. The molecule has 106 valence electrons. The molecule has 0 aliphatic heterocycles. The second-order valence-corrected chi connectivity index (χ2v) is 4.48. The number of halogens is 3. The second-order valence-electron chi connectivity index (χ2n) is 4.48. The van der Waals surface area contributed by atoms with E-state index in [0.29, 0.717) is 12.1 Å². The maximum Gasteiger partial charge on any atom is 0.255 e. The number of nitrogens with one attached hydrogen (secondary N) is 2. The van der Waals surface area contributed by atoms with Crippen molar-refractivity contribution in [1.29, 1.82) is 0 Å². The van der Waals surface area contributed by atoms with Crippen molar-refractivity contribution < 1.29 is 18.0 Å². The molecular weight excluding hydrogens is 281 g/mol. The minimum absolute atomic E-state index is 0.284. The lowest BCUT2D eigenvalue weighted by Gasteiger charge is -2.07. The monoisotopic (exact) mass is 290 g/mol. The van der Waals surface area contributed by atoms with Crippen molar-refractivity contribution in [3.05, 3.63) is 65.6 Å². The summed E-state index contributed by atoms with van der Waals surface area (Å²) >= 11 is 0. The Balaban J connectivity index is 1.90. The number of anilines is 1. The Labute approximate surface area is 117 Å². The maximum atomic E-state index is 13.5. The van der Waals surface area contributed by atoms with Gasteiger partial charge in [-0.05, 0) is 24.3 Å². The largest absolute Gasteiger partial charge is 0.361 e. The van der Waals surface area contributed by atoms with Crippen LogP contribution in [-0.2, 0) is 0 Å². The van der Waals surface area contributed by atoms with E-state index in [1.54, 1.807) is 30.5 Å². The average molecular weight is 290 g/mol. The lowest BCUT2D eigenvalue weighted by molar-refractivity contribution is 0.102. The Morgan fingerprint density at radius 3 is 2.52 bits per heavy atom. The van der Waals surface area contributed by atoms with Crippen LogP contribution in [0.2, 0.25) is 0 Å². The zero-order valence-corrected chi connectivity index (χ0v) is 10.6. The molecule has 0 saturated heterocycles. The maximum absolute atomic E-state index is 13.5. The molecule has 0 bridgehead atoms. The highest BCUT2D eigenvalue weighted by Gasteiger charge is 2.13. The fraction of sp³-hybridized carbons (Fsp3) is 0. The van der Waals surface area contributed by atoms with Crippen molar-refractivity contribution in [1.82, 2.24) is 4.98 Å². The van der Waals surface area contributed by atoms with Gasteiger partial charge in [-0.15, -0.1) is 0 Å². The summed E-state index contributed by atoms with van der Waals surface area (Å²) in [6, 6.07) is 7.64. The fourth-order valence-electron chi connectivity index (χ4n) is 2.01. The van der Waals surface area contributed by atoms with E-state index in [9.17, 15) is 18.0 Å². The summed E-state index contributed by atoms with van der Waals surface area (Å²) < 4.78 is 39.4. The number of hydrogen-bond donors (Lipinski definition) is 2. The number of amides is 1. The van der Waals surface area contributed by atoms with Gasteiger partial charge in [0, 0.05) is 34.8 Å². The molecular formula is C15H9F3N2O. The first-order valence-corrected chi connectivity index (χ1v) is 6.07. The van der Waals surface area contributed by atoms with Gasteiger partial charge in [-0.3, -0.25) is 4.79 Å². The van der Waals surface area contributed by atoms with Gasteiger partial charge >= 0.3 is 0 Å². The van der Waals surface area contributed by atoms with Crippen LogP contribution in [0.15, 0.2) is 42.6 Å². The lowest BCUT2D eigenvalue weighted by atomic mass is 10.1. The summed E-state index contributed by atoms with van der Waals surface area (Å²) in [5.74, 6) is -4.18. The van der Waals surface area contributed by atoms with Gasteiger partial charge in [0.05, 0.1) is 5.69 Å². The summed E-state index contributed by atoms with van der Waals surface area (Å²) in [7, 11) is 0. The van der Waals surface area contributed by atoms with E-state index in [-0.39, 0.29) is 5.56 Å². The van der Waals surface area contributed by atoms with Crippen molar-refractivity contribution in [3.63, 3.8) is 0 Å². The first kappa shape index (κ1) is 13.2. The van der Waals surface area contributed by atoms with E-state index in [0.717, 1.165) is 10.9 Å². The summed E-state index contributed by atoms with van der Waals surface area (Å²) in [6.45, 7) is 0. The van der Waals surface area contributed by atoms with Gasteiger partial charge in [0.1, 0.15) is 5.82 Å². The summed E-state index contributed by atoms with van der Waals surface area (Å²) in [6.07, 6.45) is 1.72.